The Morgan fingerprint density at radius 3 is 2.67 bits per heavy atom. The smallest absolute Gasteiger partial charge is 0.228 e. The van der Waals surface area contributed by atoms with E-state index in [4.69, 9.17) is 16.3 Å². The Bertz CT molecular complexity index is 727. The highest BCUT2D eigenvalue weighted by atomic mass is 35.5. The molecule has 0 unspecified atom stereocenters. The Morgan fingerprint density at radius 2 is 1.92 bits per heavy atom. The van der Waals surface area contributed by atoms with E-state index in [0.29, 0.717) is 24.7 Å². The van der Waals surface area contributed by atoms with Crippen LogP contribution in [-0.2, 0) is 16.0 Å². The molecule has 1 aliphatic rings. The predicted molar refractivity (Wildman–Crippen MR) is 98.0 cm³/mol. The van der Waals surface area contributed by atoms with E-state index in [1.165, 1.54) is 0 Å². The molecule has 0 radical (unpaired) electrons. The van der Waals surface area contributed by atoms with Gasteiger partial charge in [0.05, 0.1) is 36.0 Å². The first-order valence-corrected chi connectivity index (χ1v) is 8.48. The van der Waals surface area contributed by atoms with Crippen molar-refractivity contribution in [2.45, 2.75) is 13.3 Å². The fraction of sp³-hybridized carbons (Fsp3) is 0.316. The van der Waals surface area contributed by atoms with E-state index >= 15 is 0 Å². The van der Waals surface area contributed by atoms with Gasteiger partial charge in [0.2, 0.25) is 5.91 Å². The molecule has 24 heavy (non-hydrogen) atoms. The number of aryl methyl sites for hydroxylation is 1. The van der Waals surface area contributed by atoms with Gasteiger partial charge in [-0.15, -0.1) is 0 Å². The lowest BCUT2D eigenvalue weighted by Crippen LogP contribution is -2.37. The van der Waals surface area contributed by atoms with Crippen molar-refractivity contribution in [3.8, 4) is 0 Å². The summed E-state index contributed by atoms with van der Waals surface area (Å²) in [7, 11) is 0. The van der Waals surface area contributed by atoms with Crippen LogP contribution in [0.2, 0.25) is 5.02 Å². The molecule has 0 saturated carbocycles. The van der Waals surface area contributed by atoms with Crippen LogP contribution in [0.4, 0.5) is 11.4 Å². The Hall–Kier alpha value is -2.04. The first-order valence-electron chi connectivity index (χ1n) is 8.10. The van der Waals surface area contributed by atoms with Gasteiger partial charge in [-0.3, -0.25) is 4.79 Å². The van der Waals surface area contributed by atoms with E-state index in [2.05, 4.69) is 10.2 Å². The van der Waals surface area contributed by atoms with Crippen LogP contribution >= 0.6 is 11.6 Å². The summed E-state index contributed by atoms with van der Waals surface area (Å²) in [6.07, 6.45) is 0.349. The van der Waals surface area contributed by atoms with Crippen molar-refractivity contribution in [3.63, 3.8) is 0 Å². The number of anilines is 2. The average molecular weight is 345 g/mol. The number of nitrogens with one attached hydrogen (secondary N) is 1. The van der Waals surface area contributed by atoms with Gasteiger partial charge in [0.25, 0.3) is 0 Å². The lowest BCUT2D eigenvalue weighted by atomic mass is 10.1. The molecule has 1 fully saturated rings. The maximum atomic E-state index is 12.5. The summed E-state index contributed by atoms with van der Waals surface area (Å²) >= 11 is 6.40. The van der Waals surface area contributed by atoms with E-state index in [1.807, 2.05) is 49.4 Å². The number of amides is 1. The number of rotatable bonds is 4. The van der Waals surface area contributed by atoms with E-state index < -0.39 is 0 Å². The molecule has 0 spiro atoms. The maximum Gasteiger partial charge on any atom is 0.228 e. The topological polar surface area (TPSA) is 41.6 Å². The third-order valence-corrected chi connectivity index (χ3v) is 4.51. The zero-order chi connectivity index (χ0) is 16.9. The Balaban J connectivity index is 1.78. The first-order chi connectivity index (χ1) is 11.6. The van der Waals surface area contributed by atoms with Gasteiger partial charge in [-0.05, 0) is 30.2 Å². The lowest BCUT2D eigenvalue weighted by molar-refractivity contribution is -0.115. The molecule has 126 valence electrons. The minimum Gasteiger partial charge on any atom is -0.378 e. The molecule has 0 aliphatic carbocycles. The fourth-order valence-corrected chi connectivity index (χ4v) is 3.19. The van der Waals surface area contributed by atoms with Gasteiger partial charge >= 0.3 is 0 Å². The SMILES string of the molecule is Cc1ccccc1CC(=O)Nc1cccc(Cl)c1N1CCOCC1. The summed E-state index contributed by atoms with van der Waals surface area (Å²) < 4.78 is 5.40. The molecule has 5 heteroatoms. The number of hydrogen-bond donors (Lipinski definition) is 1. The van der Waals surface area contributed by atoms with Crippen LogP contribution < -0.4 is 10.2 Å². The molecule has 1 heterocycles. The largest absolute Gasteiger partial charge is 0.378 e. The Morgan fingerprint density at radius 1 is 1.17 bits per heavy atom. The highest BCUT2D eigenvalue weighted by molar-refractivity contribution is 6.34. The van der Waals surface area contributed by atoms with Crippen LogP contribution in [0.25, 0.3) is 0 Å². The summed E-state index contributed by atoms with van der Waals surface area (Å²) in [5.41, 5.74) is 3.78. The van der Waals surface area contributed by atoms with Crippen LogP contribution in [-0.4, -0.2) is 32.2 Å². The number of carbonyl (C=O) groups excluding carboxylic acids is 1. The summed E-state index contributed by atoms with van der Waals surface area (Å²) in [4.78, 5) is 14.6. The third-order valence-electron chi connectivity index (χ3n) is 4.20. The van der Waals surface area contributed by atoms with Crippen molar-refractivity contribution in [1.82, 2.24) is 0 Å². The third kappa shape index (κ3) is 3.89. The van der Waals surface area contributed by atoms with Gasteiger partial charge in [-0.25, -0.2) is 0 Å². The highest BCUT2D eigenvalue weighted by Gasteiger charge is 2.19. The molecule has 1 amide bonds. The highest BCUT2D eigenvalue weighted by Crippen LogP contribution is 2.34. The van der Waals surface area contributed by atoms with Crippen LogP contribution in [0.15, 0.2) is 42.5 Å². The number of ether oxygens (including phenoxy) is 1. The number of halogens is 1. The number of carbonyl (C=O) groups is 1. The standard InChI is InChI=1S/C19H21ClN2O2/c1-14-5-2-3-6-15(14)13-18(23)21-17-8-4-7-16(20)19(17)22-9-11-24-12-10-22/h2-8H,9-13H2,1H3,(H,21,23). The molecule has 0 aromatic heterocycles. The summed E-state index contributed by atoms with van der Waals surface area (Å²) in [6, 6.07) is 13.5. The number of hydrogen-bond acceptors (Lipinski definition) is 3. The van der Waals surface area contributed by atoms with E-state index in [0.717, 1.165) is 35.6 Å². The average Bonchev–Trinajstić information content (AvgIpc) is 2.58. The van der Waals surface area contributed by atoms with Gasteiger partial charge in [0.15, 0.2) is 0 Å². The minimum absolute atomic E-state index is 0.0407. The molecule has 1 N–H and O–H groups in total. The van der Waals surface area contributed by atoms with Crippen molar-refractivity contribution < 1.29 is 9.53 Å². The van der Waals surface area contributed by atoms with Gasteiger partial charge in [0.1, 0.15) is 0 Å². The van der Waals surface area contributed by atoms with Crippen molar-refractivity contribution in [2.24, 2.45) is 0 Å². The second kappa shape index (κ2) is 7.69. The fourth-order valence-electron chi connectivity index (χ4n) is 2.90. The van der Waals surface area contributed by atoms with Crippen molar-refractivity contribution in [3.05, 3.63) is 58.6 Å². The van der Waals surface area contributed by atoms with Gasteiger partial charge in [-0.1, -0.05) is 41.9 Å². The number of para-hydroxylation sites is 1. The van der Waals surface area contributed by atoms with Gasteiger partial charge in [0, 0.05) is 13.1 Å². The minimum atomic E-state index is -0.0407. The van der Waals surface area contributed by atoms with Crippen LogP contribution in [0.5, 0.6) is 0 Å². The molecule has 4 nitrogen and oxygen atoms in total. The summed E-state index contributed by atoms with van der Waals surface area (Å²) in [5.74, 6) is -0.0407. The summed E-state index contributed by atoms with van der Waals surface area (Å²) in [5, 5.41) is 3.66. The van der Waals surface area contributed by atoms with Crippen LogP contribution in [0.1, 0.15) is 11.1 Å². The maximum absolute atomic E-state index is 12.5. The molecular formula is C19H21ClN2O2. The van der Waals surface area contributed by atoms with Crippen LogP contribution in [0, 0.1) is 6.92 Å². The first kappa shape index (κ1) is 16.8. The number of morpholine rings is 1. The predicted octanol–water partition coefficient (Wildman–Crippen LogP) is 3.67. The van der Waals surface area contributed by atoms with E-state index in [-0.39, 0.29) is 5.91 Å². The van der Waals surface area contributed by atoms with Crippen molar-refractivity contribution in [1.29, 1.82) is 0 Å². The Kier molecular flexibility index (Phi) is 5.38. The normalized spacial score (nSPS) is 14.5. The van der Waals surface area contributed by atoms with Crippen molar-refractivity contribution in [2.75, 3.05) is 36.5 Å². The molecule has 2 aromatic carbocycles. The molecule has 3 rings (SSSR count). The van der Waals surface area contributed by atoms with E-state index in [9.17, 15) is 4.79 Å². The van der Waals surface area contributed by atoms with Crippen LogP contribution in [0.3, 0.4) is 0 Å². The zero-order valence-corrected chi connectivity index (χ0v) is 14.5. The Labute approximate surface area is 147 Å². The van der Waals surface area contributed by atoms with Crippen molar-refractivity contribution >= 4 is 28.9 Å². The van der Waals surface area contributed by atoms with E-state index in [1.54, 1.807) is 0 Å². The monoisotopic (exact) mass is 344 g/mol. The molecule has 0 bridgehead atoms. The second-order valence-electron chi connectivity index (χ2n) is 5.89. The zero-order valence-electron chi connectivity index (χ0n) is 13.7. The molecule has 1 saturated heterocycles. The van der Waals surface area contributed by atoms with Gasteiger partial charge in [-0.2, -0.15) is 0 Å². The summed E-state index contributed by atoms with van der Waals surface area (Å²) in [6.45, 7) is 4.89. The second-order valence-corrected chi connectivity index (χ2v) is 6.29. The lowest BCUT2D eigenvalue weighted by Gasteiger charge is -2.31. The molecule has 2 aromatic rings. The molecule has 1 aliphatic heterocycles. The number of benzene rings is 2. The quantitative estimate of drug-likeness (QED) is 0.920. The molecular weight excluding hydrogens is 324 g/mol. The molecule has 0 atom stereocenters. The number of nitrogens with zero attached hydrogens (tertiary/aromatic N) is 1. The van der Waals surface area contributed by atoms with Gasteiger partial charge < -0.3 is 15.0 Å².